The van der Waals surface area contributed by atoms with E-state index in [1.807, 2.05) is 20.0 Å². The second-order valence-corrected chi connectivity index (χ2v) is 6.29. The van der Waals surface area contributed by atoms with E-state index >= 15 is 0 Å². The fourth-order valence-corrected chi connectivity index (χ4v) is 3.01. The van der Waals surface area contributed by atoms with E-state index in [9.17, 15) is 4.79 Å². The number of amides is 1. The Balaban J connectivity index is 1.49. The van der Waals surface area contributed by atoms with Crippen molar-refractivity contribution in [2.75, 3.05) is 19.6 Å². The lowest BCUT2D eigenvalue weighted by atomic mass is 10.0. The number of hydrogen-bond acceptors (Lipinski definition) is 3. The van der Waals surface area contributed by atoms with E-state index in [0.717, 1.165) is 37.5 Å². The lowest BCUT2D eigenvalue weighted by Crippen LogP contribution is -2.45. The van der Waals surface area contributed by atoms with Gasteiger partial charge >= 0.3 is 0 Å². The van der Waals surface area contributed by atoms with Gasteiger partial charge in [-0.15, -0.1) is 0 Å². The molecule has 0 radical (unpaired) electrons. The Morgan fingerprint density at radius 1 is 1.35 bits per heavy atom. The van der Waals surface area contributed by atoms with Crippen molar-refractivity contribution in [1.29, 1.82) is 0 Å². The molecule has 2 aliphatic rings. The minimum Gasteiger partial charge on any atom is -0.348 e. The maximum atomic E-state index is 12.2. The van der Waals surface area contributed by atoms with E-state index in [0.29, 0.717) is 11.7 Å². The van der Waals surface area contributed by atoms with Crippen LogP contribution in [0.25, 0.3) is 0 Å². The molecule has 0 aromatic carbocycles. The number of piperidine rings is 1. The van der Waals surface area contributed by atoms with Crippen LogP contribution in [0.2, 0.25) is 0 Å². The zero-order valence-electron chi connectivity index (χ0n) is 12.4. The summed E-state index contributed by atoms with van der Waals surface area (Å²) in [5.74, 6) is 0.965. The van der Waals surface area contributed by atoms with Gasteiger partial charge in [-0.2, -0.15) is 5.10 Å². The van der Waals surface area contributed by atoms with Crippen molar-refractivity contribution >= 4 is 5.91 Å². The number of hydrogen-bond donors (Lipinski definition) is 1. The topological polar surface area (TPSA) is 50.2 Å². The number of carbonyl (C=O) groups is 1. The molecule has 1 amide bonds. The van der Waals surface area contributed by atoms with Crippen LogP contribution in [0, 0.1) is 12.8 Å². The lowest BCUT2D eigenvalue weighted by molar-refractivity contribution is 0.0900. The first-order chi connectivity index (χ1) is 9.61. The third kappa shape index (κ3) is 3.20. The molecular weight excluding hydrogens is 252 g/mol. The summed E-state index contributed by atoms with van der Waals surface area (Å²) in [6.07, 6.45) is 4.96. The van der Waals surface area contributed by atoms with Crippen molar-refractivity contribution in [3.8, 4) is 0 Å². The van der Waals surface area contributed by atoms with Crippen LogP contribution in [0.5, 0.6) is 0 Å². The molecule has 3 rings (SSSR count). The van der Waals surface area contributed by atoms with Gasteiger partial charge in [-0.3, -0.25) is 9.48 Å². The Bertz CT molecular complexity index is 484. The highest BCUT2D eigenvalue weighted by molar-refractivity contribution is 5.92. The highest BCUT2D eigenvalue weighted by Gasteiger charge is 2.27. The second kappa shape index (κ2) is 5.56. The van der Waals surface area contributed by atoms with Gasteiger partial charge in [0.2, 0.25) is 0 Å². The van der Waals surface area contributed by atoms with Crippen LogP contribution >= 0.6 is 0 Å². The van der Waals surface area contributed by atoms with Gasteiger partial charge in [0.1, 0.15) is 5.69 Å². The molecule has 1 saturated heterocycles. The number of nitrogens with zero attached hydrogens (tertiary/aromatic N) is 3. The monoisotopic (exact) mass is 276 g/mol. The van der Waals surface area contributed by atoms with Crippen molar-refractivity contribution in [2.24, 2.45) is 13.0 Å². The van der Waals surface area contributed by atoms with Gasteiger partial charge in [-0.25, -0.2) is 0 Å². The number of rotatable bonds is 4. The molecule has 0 unspecified atom stereocenters. The molecule has 1 aromatic rings. The van der Waals surface area contributed by atoms with Crippen LogP contribution in [-0.4, -0.2) is 46.3 Å². The zero-order chi connectivity index (χ0) is 14.1. The van der Waals surface area contributed by atoms with Gasteiger partial charge in [0.05, 0.1) is 5.69 Å². The summed E-state index contributed by atoms with van der Waals surface area (Å²) >= 11 is 0. The van der Waals surface area contributed by atoms with E-state index in [1.54, 1.807) is 4.68 Å². The maximum Gasteiger partial charge on any atom is 0.269 e. The lowest BCUT2D eigenvalue weighted by Gasteiger charge is -2.32. The minimum atomic E-state index is 0.00810. The molecule has 5 nitrogen and oxygen atoms in total. The van der Waals surface area contributed by atoms with Crippen LogP contribution in [0.4, 0.5) is 0 Å². The Morgan fingerprint density at radius 3 is 2.60 bits per heavy atom. The number of nitrogens with one attached hydrogen (secondary N) is 1. The molecule has 1 N–H and O–H groups in total. The van der Waals surface area contributed by atoms with Crippen LogP contribution in [0.15, 0.2) is 6.07 Å². The summed E-state index contributed by atoms with van der Waals surface area (Å²) in [5, 5.41) is 7.38. The van der Waals surface area contributed by atoms with Gasteiger partial charge in [-0.05, 0) is 44.6 Å². The molecule has 5 heteroatoms. The van der Waals surface area contributed by atoms with Crippen LogP contribution in [0.3, 0.4) is 0 Å². The molecule has 0 spiro atoms. The molecule has 2 fully saturated rings. The van der Waals surface area contributed by atoms with E-state index in [2.05, 4.69) is 15.3 Å². The highest BCUT2D eigenvalue weighted by atomic mass is 16.2. The Labute approximate surface area is 120 Å². The summed E-state index contributed by atoms with van der Waals surface area (Å²) in [7, 11) is 1.82. The number of carbonyl (C=O) groups excluding carboxylic acids is 1. The van der Waals surface area contributed by atoms with E-state index in [4.69, 9.17) is 0 Å². The van der Waals surface area contributed by atoms with E-state index in [1.165, 1.54) is 19.4 Å². The predicted molar refractivity (Wildman–Crippen MR) is 77.6 cm³/mol. The largest absolute Gasteiger partial charge is 0.348 e. The van der Waals surface area contributed by atoms with E-state index < -0.39 is 0 Å². The van der Waals surface area contributed by atoms with Crippen molar-refractivity contribution in [3.63, 3.8) is 0 Å². The predicted octanol–water partition coefficient (Wildman–Crippen LogP) is 1.33. The van der Waals surface area contributed by atoms with Crippen LogP contribution in [-0.2, 0) is 7.05 Å². The molecule has 20 heavy (non-hydrogen) atoms. The second-order valence-electron chi connectivity index (χ2n) is 6.29. The van der Waals surface area contributed by atoms with Gasteiger partial charge in [0.15, 0.2) is 0 Å². The molecular formula is C15H24N4O. The number of aromatic nitrogens is 2. The van der Waals surface area contributed by atoms with Crippen LogP contribution < -0.4 is 5.32 Å². The van der Waals surface area contributed by atoms with Gasteiger partial charge in [0.25, 0.3) is 5.91 Å². The molecule has 2 heterocycles. The summed E-state index contributed by atoms with van der Waals surface area (Å²) < 4.78 is 1.66. The fourth-order valence-electron chi connectivity index (χ4n) is 3.01. The molecule has 1 aliphatic carbocycles. The van der Waals surface area contributed by atoms with Crippen LogP contribution in [0.1, 0.15) is 41.9 Å². The van der Waals surface area contributed by atoms with Crippen molar-refractivity contribution in [2.45, 2.75) is 38.6 Å². The third-order valence-electron chi connectivity index (χ3n) is 4.37. The zero-order valence-corrected chi connectivity index (χ0v) is 12.4. The average Bonchev–Trinajstić information content (AvgIpc) is 3.15. The van der Waals surface area contributed by atoms with Gasteiger partial charge < -0.3 is 10.2 Å². The molecule has 0 atom stereocenters. The minimum absolute atomic E-state index is 0.00810. The molecule has 1 aromatic heterocycles. The number of aryl methyl sites for hydroxylation is 2. The van der Waals surface area contributed by atoms with Crippen molar-refractivity contribution in [3.05, 3.63) is 17.5 Å². The van der Waals surface area contributed by atoms with Crippen molar-refractivity contribution < 1.29 is 4.79 Å². The van der Waals surface area contributed by atoms with E-state index in [-0.39, 0.29) is 5.91 Å². The Morgan fingerprint density at radius 2 is 2.05 bits per heavy atom. The van der Waals surface area contributed by atoms with Gasteiger partial charge in [0, 0.05) is 32.7 Å². The smallest absolute Gasteiger partial charge is 0.269 e. The standard InChI is InChI=1S/C15H24N4O/c1-11-9-14(18(2)17-11)15(20)16-13-5-7-19(8-6-13)10-12-3-4-12/h9,12-13H,3-8,10H2,1-2H3,(H,16,20). The summed E-state index contributed by atoms with van der Waals surface area (Å²) in [4.78, 5) is 14.8. The average molecular weight is 276 g/mol. The fraction of sp³-hybridized carbons (Fsp3) is 0.733. The summed E-state index contributed by atoms with van der Waals surface area (Å²) in [6, 6.07) is 2.16. The first kappa shape index (κ1) is 13.6. The van der Waals surface area contributed by atoms with Gasteiger partial charge in [-0.1, -0.05) is 0 Å². The Hall–Kier alpha value is -1.36. The highest BCUT2D eigenvalue weighted by Crippen LogP contribution is 2.30. The molecule has 1 saturated carbocycles. The van der Waals surface area contributed by atoms with Crippen molar-refractivity contribution in [1.82, 2.24) is 20.0 Å². The first-order valence-electron chi connectivity index (χ1n) is 7.65. The summed E-state index contributed by atoms with van der Waals surface area (Å²) in [5.41, 5.74) is 1.54. The normalized spacial score (nSPS) is 21.1. The molecule has 0 bridgehead atoms. The first-order valence-corrected chi connectivity index (χ1v) is 7.65. The summed E-state index contributed by atoms with van der Waals surface area (Å²) in [6.45, 7) is 5.41. The third-order valence-corrected chi connectivity index (χ3v) is 4.37. The Kier molecular flexibility index (Phi) is 3.78. The number of likely N-dealkylation sites (tertiary alicyclic amines) is 1. The molecule has 110 valence electrons. The maximum absolute atomic E-state index is 12.2. The quantitative estimate of drug-likeness (QED) is 0.902. The molecule has 1 aliphatic heterocycles. The SMILES string of the molecule is Cc1cc(C(=O)NC2CCN(CC3CC3)CC2)n(C)n1.